The van der Waals surface area contributed by atoms with Crippen molar-refractivity contribution in [2.45, 2.75) is 59.5 Å². The van der Waals surface area contributed by atoms with Crippen LogP contribution in [0.15, 0.2) is 5.38 Å². The minimum atomic E-state index is 0.125. The van der Waals surface area contributed by atoms with E-state index in [0.717, 1.165) is 24.1 Å². The normalized spacial score (nSPS) is 14.4. The van der Waals surface area contributed by atoms with Crippen molar-refractivity contribution in [3.63, 3.8) is 0 Å². The van der Waals surface area contributed by atoms with Gasteiger partial charge in [0, 0.05) is 17.5 Å². The average Bonchev–Trinajstić information content (AvgIpc) is 2.74. The molecule has 17 heavy (non-hydrogen) atoms. The molecule has 1 amide bonds. The van der Waals surface area contributed by atoms with Crippen molar-refractivity contribution in [2.75, 3.05) is 0 Å². The summed E-state index contributed by atoms with van der Waals surface area (Å²) in [5, 5.41) is 1.86. The van der Waals surface area contributed by atoms with E-state index in [1.165, 1.54) is 11.5 Å². The number of hydrogen-bond acceptors (Lipinski definition) is 3. The second-order valence-electron chi connectivity index (χ2n) is 4.54. The van der Waals surface area contributed by atoms with Crippen LogP contribution in [0.25, 0.3) is 0 Å². The number of rotatable bonds is 5. The molecule has 0 aliphatic rings. The Morgan fingerprint density at radius 1 is 1.35 bits per heavy atom. The smallest absolute Gasteiger partial charge is 0.257 e. The monoisotopic (exact) mass is 254 g/mol. The molecular weight excluding hydrogens is 232 g/mol. The summed E-state index contributed by atoms with van der Waals surface area (Å²) >= 11 is 1.35. The summed E-state index contributed by atoms with van der Waals surface area (Å²) in [5.41, 5.74) is 1.60. The molecule has 1 aromatic heterocycles. The first kappa shape index (κ1) is 14.2. The molecular formula is C13H22N2OS. The van der Waals surface area contributed by atoms with Crippen molar-refractivity contribution >= 4 is 17.4 Å². The number of aryl methyl sites for hydroxylation is 1. The number of nitrogens with zero attached hydrogens (tertiary/aromatic N) is 2. The van der Waals surface area contributed by atoms with Crippen molar-refractivity contribution in [1.29, 1.82) is 0 Å². The third-order valence-electron chi connectivity index (χ3n) is 3.35. The molecule has 0 aromatic carbocycles. The molecule has 0 unspecified atom stereocenters. The molecule has 3 nitrogen and oxygen atoms in total. The molecule has 0 fully saturated rings. The largest absolute Gasteiger partial charge is 0.333 e. The lowest BCUT2D eigenvalue weighted by Gasteiger charge is -2.33. The Morgan fingerprint density at radius 3 is 2.24 bits per heavy atom. The predicted octanol–water partition coefficient (Wildman–Crippen LogP) is 3.49. The average molecular weight is 254 g/mol. The molecule has 0 saturated heterocycles. The molecule has 4 heteroatoms. The Labute approximate surface area is 108 Å². The lowest BCUT2D eigenvalue weighted by atomic mass is 10.1. The van der Waals surface area contributed by atoms with Crippen LogP contribution >= 0.6 is 11.5 Å². The first-order valence-corrected chi connectivity index (χ1v) is 7.10. The fourth-order valence-corrected chi connectivity index (χ4v) is 2.55. The molecule has 0 spiro atoms. The van der Waals surface area contributed by atoms with E-state index in [1.807, 2.05) is 17.2 Å². The van der Waals surface area contributed by atoms with Gasteiger partial charge in [-0.15, -0.1) is 0 Å². The van der Waals surface area contributed by atoms with E-state index >= 15 is 0 Å². The van der Waals surface area contributed by atoms with Crippen molar-refractivity contribution < 1.29 is 4.79 Å². The Hall–Kier alpha value is -0.900. The van der Waals surface area contributed by atoms with Crippen molar-refractivity contribution in [3.05, 3.63) is 16.6 Å². The first-order chi connectivity index (χ1) is 8.02. The molecule has 2 atom stereocenters. The van der Waals surface area contributed by atoms with Gasteiger partial charge >= 0.3 is 0 Å². The molecule has 0 radical (unpaired) electrons. The van der Waals surface area contributed by atoms with E-state index < -0.39 is 0 Å². The van der Waals surface area contributed by atoms with Gasteiger partial charge in [-0.05, 0) is 45.1 Å². The van der Waals surface area contributed by atoms with E-state index in [2.05, 4.69) is 32.1 Å². The van der Waals surface area contributed by atoms with Gasteiger partial charge in [-0.2, -0.15) is 4.37 Å². The van der Waals surface area contributed by atoms with Gasteiger partial charge in [-0.1, -0.05) is 13.8 Å². The second kappa shape index (κ2) is 6.15. The summed E-state index contributed by atoms with van der Waals surface area (Å²) in [4.78, 5) is 14.5. The highest BCUT2D eigenvalue weighted by atomic mass is 32.1. The molecule has 1 heterocycles. The highest BCUT2D eigenvalue weighted by Gasteiger charge is 2.26. The third kappa shape index (κ3) is 3.06. The summed E-state index contributed by atoms with van der Waals surface area (Å²) in [7, 11) is 0. The highest BCUT2D eigenvalue weighted by molar-refractivity contribution is 7.03. The van der Waals surface area contributed by atoms with Crippen LogP contribution in [0.1, 0.15) is 56.6 Å². The lowest BCUT2D eigenvalue weighted by Crippen LogP contribution is -2.44. The molecule has 0 bridgehead atoms. The van der Waals surface area contributed by atoms with E-state index in [9.17, 15) is 4.79 Å². The lowest BCUT2D eigenvalue weighted by molar-refractivity contribution is 0.0598. The van der Waals surface area contributed by atoms with Gasteiger partial charge in [-0.25, -0.2) is 0 Å². The van der Waals surface area contributed by atoms with Crippen LogP contribution in [0.3, 0.4) is 0 Å². The molecule has 1 rings (SSSR count). The standard InChI is InChI=1S/C13H22N2OS/c1-6-9(3)15(10(4)7-2)13(16)12-8-17-14-11(12)5/h8-10H,6-7H2,1-5H3/t9-,10-/m0/s1. The first-order valence-electron chi connectivity index (χ1n) is 6.26. The Bertz CT molecular complexity index is 365. The minimum absolute atomic E-state index is 0.125. The van der Waals surface area contributed by atoms with Crippen LogP contribution in [0.5, 0.6) is 0 Å². The van der Waals surface area contributed by atoms with Crippen molar-refractivity contribution in [1.82, 2.24) is 9.27 Å². The molecule has 0 N–H and O–H groups in total. The summed E-state index contributed by atoms with van der Waals surface area (Å²) in [6.07, 6.45) is 1.96. The van der Waals surface area contributed by atoms with Gasteiger partial charge in [0.05, 0.1) is 11.3 Å². The summed E-state index contributed by atoms with van der Waals surface area (Å²) in [6.45, 7) is 10.4. The minimum Gasteiger partial charge on any atom is -0.333 e. The summed E-state index contributed by atoms with van der Waals surface area (Å²) in [6, 6.07) is 0.550. The molecule has 0 aliphatic heterocycles. The Kier molecular flexibility index (Phi) is 5.12. The quantitative estimate of drug-likeness (QED) is 0.806. The van der Waals surface area contributed by atoms with Gasteiger partial charge in [0.2, 0.25) is 0 Å². The third-order valence-corrected chi connectivity index (χ3v) is 4.07. The van der Waals surface area contributed by atoms with Gasteiger partial charge in [0.1, 0.15) is 0 Å². The number of amides is 1. The highest BCUT2D eigenvalue weighted by Crippen LogP contribution is 2.19. The van der Waals surface area contributed by atoms with Crippen LogP contribution in [0.2, 0.25) is 0 Å². The number of aromatic nitrogens is 1. The van der Waals surface area contributed by atoms with Crippen LogP contribution in [-0.4, -0.2) is 27.3 Å². The van der Waals surface area contributed by atoms with Crippen molar-refractivity contribution in [3.8, 4) is 0 Å². The predicted molar refractivity (Wildman–Crippen MR) is 72.5 cm³/mol. The van der Waals surface area contributed by atoms with Crippen LogP contribution < -0.4 is 0 Å². The second-order valence-corrected chi connectivity index (χ2v) is 5.17. The maximum atomic E-state index is 12.5. The summed E-state index contributed by atoms with van der Waals surface area (Å²) in [5.74, 6) is 0.125. The van der Waals surface area contributed by atoms with Crippen LogP contribution in [0, 0.1) is 6.92 Å². The maximum Gasteiger partial charge on any atom is 0.257 e. The van der Waals surface area contributed by atoms with Crippen molar-refractivity contribution in [2.24, 2.45) is 0 Å². The van der Waals surface area contributed by atoms with E-state index in [4.69, 9.17) is 0 Å². The van der Waals surface area contributed by atoms with Crippen LogP contribution in [0.4, 0.5) is 0 Å². The zero-order chi connectivity index (χ0) is 13.0. The fourth-order valence-electron chi connectivity index (χ4n) is 1.86. The van der Waals surface area contributed by atoms with Gasteiger partial charge in [0.15, 0.2) is 0 Å². The topological polar surface area (TPSA) is 33.2 Å². The number of carbonyl (C=O) groups is 1. The maximum absolute atomic E-state index is 12.5. The molecule has 0 aliphatic carbocycles. The zero-order valence-electron chi connectivity index (χ0n) is 11.4. The van der Waals surface area contributed by atoms with E-state index in [1.54, 1.807) is 0 Å². The summed E-state index contributed by atoms with van der Waals surface area (Å²) < 4.78 is 4.18. The Balaban J connectivity index is 2.99. The molecule has 96 valence electrons. The molecule has 1 aromatic rings. The molecule has 0 saturated carbocycles. The SMILES string of the molecule is CC[C@H](C)N(C(=O)c1csnc1C)[C@@H](C)CC. The number of carbonyl (C=O) groups excluding carboxylic acids is 1. The van der Waals surface area contributed by atoms with Gasteiger partial charge in [-0.3, -0.25) is 4.79 Å². The van der Waals surface area contributed by atoms with Gasteiger partial charge < -0.3 is 4.90 Å². The zero-order valence-corrected chi connectivity index (χ0v) is 12.2. The van der Waals surface area contributed by atoms with Gasteiger partial charge in [0.25, 0.3) is 5.91 Å². The van der Waals surface area contributed by atoms with E-state index in [-0.39, 0.29) is 18.0 Å². The number of hydrogen-bond donors (Lipinski definition) is 0. The van der Waals surface area contributed by atoms with E-state index in [0.29, 0.717) is 0 Å². The fraction of sp³-hybridized carbons (Fsp3) is 0.692. The van der Waals surface area contributed by atoms with Crippen LogP contribution in [-0.2, 0) is 0 Å². The Morgan fingerprint density at radius 2 is 1.88 bits per heavy atom.